The molecule has 19 heavy (non-hydrogen) atoms. The van der Waals surface area contributed by atoms with Gasteiger partial charge in [0.05, 0.1) is 6.61 Å². The van der Waals surface area contributed by atoms with Gasteiger partial charge in [0, 0.05) is 0 Å². The Balaban J connectivity index is 3.16. The van der Waals surface area contributed by atoms with Crippen LogP contribution >= 0.6 is 0 Å². The van der Waals surface area contributed by atoms with Gasteiger partial charge < -0.3 is 9.84 Å². The van der Waals surface area contributed by atoms with E-state index in [4.69, 9.17) is 4.74 Å². The third-order valence-electron chi connectivity index (χ3n) is 3.37. The Morgan fingerprint density at radius 2 is 1.79 bits per heavy atom. The molecule has 0 saturated heterocycles. The van der Waals surface area contributed by atoms with Gasteiger partial charge in [-0.25, -0.2) is 0 Å². The van der Waals surface area contributed by atoms with E-state index in [9.17, 15) is 14.7 Å². The number of aryl methyl sites for hydroxylation is 2. The Labute approximate surface area is 113 Å². The fourth-order valence-electron chi connectivity index (χ4n) is 2.01. The van der Waals surface area contributed by atoms with E-state index in [0.717, 1.165) is 16.7 Å². The maximum atomic E-state index is 11.9. The minimum absolute atomic E-state index is 0.139. The van der Waals surface area contributed by atoms with Crippen molar-refractivity contribution in [1.82, 2.24) is 0 Å². The second-order valence-electron chi connectivity index (χ2n) is 4.90. The Morgan fingerprint density at radius 1 is 1.26 bits per heavy atom. The highest BCUT2D eigenvalue weighted by Gasteiger charge is 2.43. The molecule has 0 heterocycles. The van der Waals surface area contributed by atoms with Crippen LogP contribution in [0.4, 0.5) is 0 Å². The predicted octanol–water partition coefficient (Wildman–Crippen LogP) is 2.50. The molecule has 0 bridgehead atoms. The topological polar surface area (TPSA) is 63.6 Å². The van der Waals surface area contributed by atoms with E-state index in [1.165, 1.54) is 6.92 Å². The molecule has 104 valence electrons. The molecular formula is C15H20O4. The van der Waals surface area contributed by atoms with Crippen LogP contribution in [-0.4, -0.2) is 23.7 Å². The monoisotopic (exact) mass is 264 g/mol. The number of hydrogen-bond donors (Lipinski definition) is 1. The number of hydrogen-bond acceptors (Lipinski definition) is 3. The Morgan fingerprint density at radius 3 is 2.21 bits per heavy atom. The standard InChI is InChI=1S/C15H20O4/c1-5-19-14(18)15(4,13(16)17)9-12-10(2)7-6-8-11(12)3/h6-8H,5,9H2,1-4H3,(H,16,17). The molecule has 0 fully saturated rings. The molecular weight excluding hydrogens is 244 g/mol. The maximum Gasteiger partial charge on any atom is 0.323 e. The highest BCUT2D eigenvalue weighted by atomic mass is 16.5. The summed E-state index contributed by atoms with van der Waals surface area (Å²) in [4.78, 5) is 23.4. The first-order valence-corrected chi connectivity index (χ1v) is 6.28. The average Bonchev–Trinajstić information content (AvgIpc) is 2.33. The van der Waals surface area contributed by atoms with Crippen LogP contribution in [0.15, 0.2) is 18.2 Å². The van der Waals surface area contributed by atoms with Gasteiger partial charge in [0.1, 0.15) is 0 Å². The third-order valence-corrected chi connectivity index (χ3v) is 3.37. The summed E-state index contributed by atoms with van der Waals surface area (Å²) < 4.78 is 4.90. The summed E-state index contributed by atoms with van der Waals surface area (Å²) in [7, 11) is 0. The van der Waals surface area contributed by atoms with Crippen LogP contribution in [0.25, 0.3) is 0 Å². The lowest BCUT2D eigenvalue weighted by atomic mass is 9.81. The Kier molecular flexibility index (Phi) is 4.70. The van der Waals surface area contributed by atoms with Gasteiger partial charge in [0.25, 0.3) is 0 Å². The number of ether oxygens (including phenoxy) is 1. The second-order valence-corrected chi connectivity index (χ2v) is 4.90. The quantitative estimate of drug-likeness (QED) is 0.655. The van der Waals surface area contributed by atoms with E-state index in [0.29, 0.717) is 0 Å². The second kappa shape index (κ2) is 5.87. The van der Waals surface area contributed by atoms with Crippen molar-refractivity contribution in [2.45, 2.75) is 34.1 Å². The number of esters is 1. The fourth-order valence-corrected chi connectivity index (χ4v) is 2.01. The molecule has 1 aromatic carbocycles. The smallest absolute Gasteiger partial charge is 0.323 e. The molecule has 4 nitrogen and oxygen atoms in total. The molecule has 1 atom stereocenters. The van der Waals surface area contributed by atoms with Crippen LogP contribution in [-0.2, 0) is 20.7 Å². The molecule has 0 saturated carbocycles. The van der Waals surface area contributed by atoms with Crippen molar-refractivity contribution in [2.75, 3.05) is 6.61 Å². The van der Waals surface area contributed by atoms with Gasteiger partial charge in [-0.05, 0) is 50.8 Å². The van der Waals surface area contributed by atoms with Crippen molar-refractivity contribution < 1.29 is 19.4 Å². The molecule has 1 N–H and O–H groups in total. The fraction of sp³-hybridized carbons (Fsp3) is 0.467. The van der Waals surface area contributed by atoms with Crippen molar-refractivity contribution in [2.24, 2.45) is 5.41 Å². The Hall–Kier alpha value is -1.84. The minimum Gasteiger partial charge on any atom is -0.480 e. The largest absolute Gasteiger partial charge is 0.480 e. The van der Waals surface area contributed by atoms with E-state index in [2.05, 4.69) is 0 Å². The van der Waals surface area contributed by atoms with Crippen LogP contribution in [0.1, 0.15) is 30.5 Å². The van der Waals surface area contributed by atoms with Crippen LogP contribution in [0.5, 0.6) is 0 Å². The van der Waals surface area contributed by atoms with Gasteiger partial charge in [-0.15, -0.1) is 0 Å². The van der Waals surface area contributed by atoms with Gasteiger partial charge in [0.15, 0.2) is 5.41 Å². The molecule has 1 unspecified atom stereocenters. The molecule has 0 aromatic heterocycles. The number of carbonyl (C=O) groups is 2. The number of carboxylic acid groups (broad SMARTS) is 1. The van der Waals surface area contributed by atoms with E-state index >= 15 is 0 Å². The van der Waals surface area contributed by atoms with E-state index < -0.39 is 17.4 Å². The van der Waals surface area contributed by atoms with Gasteiger partial charge in [0.2, 0.25) is 0 Å². The minimum atomic E-state index is -1.55. The number of carboxylic acids is 1. The van der Waals surface area contributed by atoms with Crippen molar-refractivity contribution >= 4 is 11.9 Å². The van der Waals surface area contributed by atoms with E-state index in [1.807, 2.05) is 32.0 Å². The maximum absolute atomic E-state index is 11.9. The van der Waals surface area contributed by atoms with Crippen molar-refractivity contribution in [1.29, 1.82) is 0 Å². The lowest BCUT2D eigenvalue weighted by Gasteiger charge is -2.24. The zero-order chi connectivity index (χ0) is 14.6. The normalized spacial score (nSPS) is 13.7. The first-order valence-electron chi connectivity index (χ1n) is 6.28. The first-order chi connectivity index (χ1) is 8.82. The molecule has 0 aliphatic rings. The lowest BCUT2D eigenvalue weighted by molar-refractivity contribution is -0.167. The zero-order valence-electron chi connectivity index (χ0n) is 11.8. The molecule has 1 rings (SSSR count). The van der Waals surface area contributed by atoms with Gasteiger partial charge >= 0.3 is 11.9 Å². The van der Waals surface area contributed by atoms with E-state index in [-0.39, 0.29) is 13.0 Å². The predicted molar refractivity (Wildman–Crippen MR) is 72.0 cm³/mol. The van der Waals surface area contributed by atoms with Crippen molar-refractivity contribution in [3.63, 3.8) is 0 Å². The van der Waals surface area contributed by atoms with Crippen molar-refractivity contribution in [3.8, 4) is 0 Å². The lowest BCUT2D eigenvalue weighted by Crippen LogP contribution is -2.40. The summed E-state index contributed by atoms with van der Waals surface area (Å²) in [6.45, 7) is 7.08. The van der Waals surface area contributed by atoms with Gasteiger partial charge in [-0.1, -0.05) is 18.2 Å². The molecule has 0 amide bonds. The summed E-state index contributed by atoms with van der Waals surface area (Å²) in [6.07, 6.45) is 0.139. The average molecular weight is 264 g/mol. The van der Waals surface area contributed by atoms with Gasteiger partial charge in [-0.3, -0.25) is 9.59 Å². The molecule has 0 aliphatic heterocycles. The van der Waals surface area contributed by atoms with Crippen LogP contribution < -0.4 is 0 Å². The zero-order valence-corrected chi connectivity index (χ0v) is 11.8. The van der Waals surface area contributed by atoms with Crippen molar-refractivity contribution in [3.05, 3.63) is 34.9 Å². The highest BCUT2D eigenvalue weighted by Crippen LogP contribution is 2.28. The summed E-state index contributed by atoms with van der Waals surface area (Å²) in [5.41, 5.74) is 1.31. The molecule has 4 heteroatoms. The van der Waals surface area contributed by atoms with E-state index in [1.54, 1.807) is 6.92 Å². The molecule has 1 aromatic rings. The molecule has 0 spiro atoms. The Bertz CT molecular complexity index is 473. The summed E-state index contributed by atoms with van der Waals surface area (Å²) >= 11 is 0. The van der Waals surface area contributed by atoms with Gasteiger partial charge in [-0.2, -0.15) is 0 Å². The summed E-state index contributed by atoms with van der Waals surface area (Å²) in [6, 6.07) is 5.74. The molecule has 0 radical (unpaired) electrons. The number of rotatable bonds is 5. The number of benzene rings is 1. The van der Waals surface area contributed by atoms with Crippen LogP contribution in [0.3, 0.4) is 0 Å². The SMILES string of the molecule is CCOC(=O)C(C)(Cc1c(C)cccc1C)C(=O)O. The first kappa shape index (κ1) is 15.2. The number of aliphatic carboxylic acids is 1. The third kappa shape index (κ3) is 3.13. The highest BCUT2D eigenvalue weighted by molar-refractivity contribution is 5.99. The summed E-state index contributed by atoms with van der Waals surface area (Å²) in [5, 5.41) is 9.37. The number of carbonyl (C=O) groups excluding carboxylic acids is 1. The van der Waals surface area contributed by atoms with Crippen LogP contribution in [0, 0.1) is 19.3 Å². The van der Waals surface area contributed by atoms with Crippen LogP contribution in [0.2, 0.25) is 0 Å². The summed E-state index contributed by atoms with van der Waals surface area (Å²) in [5.74, 6) is -1.85. The molecule has 0 aliphatic carbocycles.